The van der Waals surface area contributed by atoms with Crippen LogP contribution in [0.25, 0.3) is 10.9 Å². The molecule has 0 saturated carbocycles. The Hall–Kier alpha value is -3.57. The Balaban J connectivity index is 1.65. The molecule has 0 aliphatic carbocycles. The maximum Gasteiger partial charge on any atom is 0.318 e. The van der Waals surface area contributed by atoms with Gasteiger partial charge in [0.05, 0.1) is 12.1 Å². The van der Waals surface area contributed by atoms with Crippen LogP contribution in [0.5, 0.6) is 0 Å². The molecule has 1 aromatic heterocycles. The first-order valence-corrected chi connectivity index (χ1v) is 11.2. The molecular formula is C27H26ClN3O2. The van der Waals surface area contributed by atoms with Crippen LogP contribution < -0.4 is 10.9 Å². The number of aromatic nitrogens is 1. The van der Waals surface area contributed by atoms with E-state index in [2.05, 4.69) is 10.3 Å². The number of nitrogens with one attached hydrogen (secondary N) is 2. The predicted molar refractivity (Wildman–Crippen MR) is 133 cm³/mol. The van der Waals surface area contributed by atoms with Crippen LogP contribution in [0, 0.1) is 13.8 Å². The Kier molecular flexibility index (Phi) is 6.80. The number of rotatable bonds is 6. The van der Waals surface area contributed by atoms with Crippen LogP contribution in [0.1, 0.15) is 27.8 Å². The molecule has 0 aliphatic rings. The lowest BCUT2D eigenvalue weighted by atomic mass is 10.0. The van der Waals surface area contributed by atoms with Crippen molar-refractivity contribution in [2.75, 3.05) is 0 Å². The number of fused-ring (bicyclic) bond motifs is 1. The smallest absolute Gasteiger partial charge is 0.318 e. The molecule has 5 nitrogen and oxygen atoms in total. The summed E-state index contributed by atoms with van der Waals surface area (Å²) in [7, 11) is 0. The SMILES string of the molecule is Cc1ccc(C)c2[nH]c(=O)c(CN(Cc3ccccc3Cl)C(=O)NCc3ccccc3)cc12. The number of hydrogen-bond acceptors (Lipinski definition) is 2. The van der Waals surface area contributed by atoms with Gasteiger partial charge >= 0.3 is 6.03 Å². The third-order valence-electron chi connectivity index (χ3n) is 5.77. The summed E-state index contributed by atoms with van der Waals surface area (Å²) in [6.45, 7) is 4.82. The van der Waals surface area contributed by atoms with Gasteiger partial charge in [0, 0.05) is 29.1 Å². The molecule has 1 heterocycles. The van der Waals surface area contributed by atoms with E-state index in [-0.39, 0.29) is 24.7 Å². The van der Waals surface area contributed by atoms with Crippen LogP contribution in [0.3, 0.4) is 0 Å². The maximum absolute atomic E-state index is 13.2. The van der Waals surface area contributed by atoms with Gasteiger partial charge in [0.1, 0.15) is 0 Å². The number of carbonyl (C=O) groups is 1. The zero-order valence-corrected chi connectivity index (χ0v) is 19.4. The first-order valence-electron chi connectivity index (χ1n) is 10.8. The van der Waals surface area contributed by atoms with Crippen LogP contribution in [0.15, 0.2) is 77.6 Å². The third-order valence-corrected chi connectivity index (χ3v) is 6.14. The minimum absolute atomic E-state index is 0.157. The van der Waals surface area contributed by atoms with Crippen LogP contribution in [-0.2, 0) is 19.6 Å². The van der Waals surface area contributed by atoms with Crippen molar-refractivity contribution in [2.45, 2.75) is 33.5 Å². The number of carbonyl (C=O) groups excluding carboxylic acids is 1. The van der Waals surface area contributed by atoms with E-state index in [1.165, 1.54) is 0 Å². The Labute approximate surface area is 198 Å². The normalized spacial score (nSPS) is 10.9. The summed E-state index contributed by atoms with van der Waals surface area (Å²) in [5, 5.41) is 4.53. The van der Waals surface area contributed by atoms with Crippen molar-refractivity contribution in [3.05, 3.63) is 116 Å². The van der Waals surface area contributed by atoms with Crippen LogP contribution in [-0.4, -0.2) is 15.9 Å². The molecule has 0 unspecified atom stereocenters. The van der Waals surface area contributed by atoms with E-state index < -0.39 is 0 Å². The second-order valence-electron chi connectivity index (χ2n) is 8.20. The molecule has 4 aromatic rings. The maximum atomic E-state index is 13.2. The number of benzene rings is 3. The van der Waals surface area contributed by atoms with Gasteiger partial charge in [0.25, 0.3) is 5.56 Å². The fraction of sp³-hybridized carbons (Fsp3) is 0.185. The number of halogens is 1. The molecule has 0 atom stereocenters. The van der Waals surface area contributed by atoms with E-state index in [4.69, 9.17) is 11.6 Å². The average Bonchev–Trinajstić information content (AvgIpc) is 2.82. The topological polar surface area (TPSA) is 65.2 Å². The van der Waals surface area contributed by atoms with Gasteiger partial charge in [0.15, 0.2) is 0 Å². The molecule has 0 saturated heterocycles. The van der Waals surface area contributed by atoms with Gasteiger partial charge in [-0.1, -0.05) is 72.3 Å². The summed E-state index contributed by atoms with van der Waals surface area (Å²) in [4.78, 5) is 30.7. The van der Waals surface area contributed by atoms with E-state index >= 15 is 0 Å². The Bertz CT molecular complexity index is 1350. The van der Waals surface area contributed by atoms with Gasteiger partial charge < -0.3 is 15.2 Å². The highest BCUT2D eigenvalue weighted by atomic mass is 35.5. The van der Waals surface area contributed by atoms with Gasteiger partial charge in [0.2, 0.25) is 0 Å². The fourth-order valence-electron chi connectivity index (χ4n) is 3.86. The first kappa shape index (κ1) is 22.6. The molecule has 0 radical (unpaired) electrons. The molecule has 3 aromatic carbocycles. The zero-order chi connectivity index (χ0) is 23.4. The molecule has 0 bridgehead atoms. The van der Waals surface area contributed by atoms with Crippen LogP contribution in [0.4, 0.5) is 4.79 Å². The minimum atomic E-state index is -0.265. The Morgan fingerprint density at radius 1 is 0.909 bits per heavy atom. The Morgan fingerprint density at radius 3 is 2.33 bits per heavy atom. The van der Waals surface area contributed by atoms with E-state index in [0.29, 0.717) is 17.1 Å². The quantitative estimate of drug-likeness (QED) is 0.388. The number of urea groups is 1. The summed E-state index contributed by atoms with van der Waals surface area (Å²) in [5.41, 5.74) is 5.05. The standard InChI is InChI=1S/C27H26ClN3O2/c1-18-12-13-19(2)25-23(18)14-22(26(32)30-25)17-31(16-21-10-6-7-11-24(21)28)27(33)29-15-20-8-4-3-5-9-20/h3-14H,15-17H2,1-2H3,(H,29,33)(H,30,32). The molecule has 168 valence electrons. The molecule has 4 rings (SSSR count). The van der Waals surface area contributed by atoms with Crippen molar-refractivity contribution in [3.8, 4) is 0 Å². The second-order valence-corrected chi connectivity index (χ2v) is 8.61. The highest BCUT2D eigenvalue weighted by Crippen LogP contribution is 2.22. The minimum Gasteiger partial charge on any atom is -0.334 e. The molecule has 0 aliphatic heterocycles. The largest absolute Gasteiger partial charge is 0.334 e. The lowest BCUT2D eigenvalue weighted by Gasteiger charge is -2.24. The summed E-state index contributed by atoms with van der Waals surface area (Å²) >= 11 is 6.37. The number of aryl methyl sites for hydroxylation is 2. The van der Waals surface area contributed by atoms with Gasteiger partial charge in [-0.2, -0.15) is 0 Å². The van der Waals surface area contributed by atoms with E-state index in [1.807, 2.05) is 80.6 Å². The lowest BCUT2D eigenvalue weighted by molar-refractivity contribution is 0.191. The molecule has 6 heteroatoms. The fourth-order valence-corrected chi connectivity index (χ4v) is 4.05. The highest BCUT2D eigenvalue weighted by Gasteiger charge is 2.18. The number of aromatic amines is 1. The van der Waals surface area contributed by atoms with Gasteiger partial charge in [-0.05, 0) is 48.2 Å². The first-order chi connectivity index (χ1) is 15.9. The number of hydrogen-bond donors (Lipinski definition) is 2. The number of amides is 2. The third kappa shape index (κ3) is 5.26. The summed E-state index contributed by atoms with van der Waals surface area (Å²) in [6, 6.07) is 22.8. The van der Waals surface area contributed by atoms with Crippen LogP contribution in [0.2, 0.25) is 5.02 Å². The van der Waals surface area contributed by atoms with Crippen molar-refractivity contribution in [1.82, 2.24) is 15.2 Å². The molecule has 0 spiro atoms. The highest BCUT2D eigenvalue weighted by molar-refractivity contribution is 6.31. The van der Waals surface area contributed by atoms with E-state index in [1.54, 1.807) is 11.0 Å². The Morgan fingerprint density at radius 2 is 1.58 bits per heavy atom. The van der Waals surface area contributed by atoms with Crippen molar-refractivity contribution in [2.24, 2.45) is 0 Å². The van der Waals surface area contributed by atoms with E-state index in [0.717, 1.165) is 33.2 Å². The second kappa shape index (κ2) is 9.92. The van der Waals surface area contributed by atoms with Crippen molar-refractivity contribution >= 4 is 28.5 Å². The van der Waals surface area contributed by atoms with Gasteiger partial charge in [-0.15, -0.1) is 0 Å². The summed E-state index contributed by atoms with van der Waals surface area (Å²) < 4.78 is 0. The summed E-state index contributed by atoms with van der Waals surface area (Å²) in [6.07, 6.45) is 0. The molecule has 33 heavy (non-hydrogen) atoms. The number of H-pyrrole nitrogens is 1. The molecule has 2 amide bonds. The number of pyridine rings is 1. The number of nitrogens with zero attached hydrogens (tertiary/aromatic N) is 1. The lowest BCUT2D eigenvalue weighted by Crippen LogP contribution is -2.40. The van der Waals surface area contributed by atoms with Crippen molar-refractivity contribution in [3.63, 3.8) is 0 Å². The van der Waals surface area contributed by atoms with Gasteiger partial charge in [-0.25, -0.2) is 4.79 Å². The van der Waals surface area contributed by atoms with Crippen molar-refractivity contribution in [1.29, 1.82) is 0 Å². The zero-order valence-electron chi connectivity index (χ0n) is 18.7. The predicted octanol–water partition coefficient (Wildman–Crippen LogP) is 5.71. The van der Waals surface area contributed by atoms with Crippen LogP contribution >= 0.6 is 11.6 Å². The molecule has 0 fully saturated rings. The monoisotopic (exact) mass is 459 g/mol. The van der Waals surface area contributed by atoms with E-state index in [9.17, 15) is 9.59 Å². The van der Waals surface area contributed by atoms with Gasteiger partial charge in [-0.3, -0.25) is 4.79 Å². The molecular weight excluding hydrogens is 434 g/mol. The molecule has 2 N–H and O–H groups in total. The van der Waals surface area contributed by atoms with Crippen molar-refractivity contribution < 1.29 is 4.79 Å². The average molecular weight is 460 g/mol. The summed E-state index contributed by atoms with van der Waals surface area (Å²) in [5.74, 6) is 0.